The summed E-state index contributed by atoms with van der Waals surface area (Å²) in [6.45, 7) is 9.93. The monoisotopic (exact) mass is 318 g/mol. The number of hydrogen-bond donors (Lipinski definition) is 0. The predicted molar refractivity (Wildman–Crippen MR) is 91.4 cm³/mol. The van der Waals surface area contributed by atoms with Crippen molar-refractivity contribution in [2.24, 2.45) is 5.92 Å². The van der Waals surface area contributed by atoms with Crippen molar-refractivity contribution in [1.82, 2.24) is 9.88 Å². The third kappa shape index (κ3) is 4.11. The lowest BCUT2D eigenvalue weighted by molar-refractivity contribution is -0.0729. The summed E-state index contributed by atoms with van der Waals surface area (Å²) >= 11 is 0. The van der Waals surface area contributed by atoms with Crippen LogP contribution in [0.1, 0.15) is 44.0 Å². The number of likely N-dealkylation sites (tertiary alicyclic amines) is 1. The molecule has 0 aliphatic carbocycles. The summed E-state index contributed by atoms with van der Waals surface area (Å²) < 4.78 is 11.8. The number of ether oxygens (including phenoxy) is 2. The number of rotatable bonds is 6. The van der Waals surface area contributed by atoms with E-state index in [2.05, 4.69) is 41.9 Å². The van der Waals surface area contributed by atoms with Gasteiger partial charge in [-0.05, 0) is 57.6 Å². The minimum atomic E-state index is 0.119. The molecule has 3 heterocycles. The fourth-order valence-corrected chi connectivity index (χ4v) is 4.12. The van der Waals surface area contributed by atoms with Crippen molar-refractivity contribution in [3.8, 4) is 0 Å². The number of aromatic nitrogens is 1. The summed E-state index contributed by atoms with van der Waals surface area (Å²) in [6, 6.07) is 6.30. The highest BCUT2D eigenvalue weighted by atomic mass is 16.5. The molecule has 0 aromatic carbocycles. The van der Waals surface area contributed by atoms with Crippen molar-refractivity contribution in [3.05, 3.63) is 29.6 Å². The first-order valence-electron chi connectivity index (χ1n) is 9.08. The summed E-state index contributed by atoms with van der Waals surface area (Å²) in [7, 11) is 0. The van der Waals surface area contributed by atoms with Crippen molar-refractivity contribution in [3.63, 3.8) is 0 Å². The van der Waals surface area contributed by atoms with E-state index >= 15 is 0 Å². The number of pyridine rings is 1. The molecule has 2 aliphatic rings. The van der Waals surface area contributed by atoms with Crippen LogP contribution in [0, 0.1) is 12.8 Å². The van der Waals surface area contributed by atoms with E-state index in [1.165, 1.54) is 12.1 Å². The topological polar surface area (TPSA) is 34.6 Å². The van der Waals surface area contributed by atoms with E-state index in [4.69, 9.17) is 9.47 Å². The maximum Gasteiger partial charge on any atom is 0.0736 e. The second-order valence-corrected chi connectivity index (χ2v) is 6.93. The molecule has 1 aromatic heterocycles. The Morgan fingerprint density at radius 3 is 2.91 bits per heavy atom. The Balaban J connectivity index is 1.52. The minimum absolute atomic E-state index is 0.119. The van der Waals surface area contributed by atoms with Crippen molar-refractivity contribution in [2.75, 3.05) is 32.9 Å². The van der Waals surface area contributed by atoms with Crippen molar-refractivity contribution in [2.45, 2.75) is 51.7 Å². The van der Waals surface area contributed by atoms with Crippen LogP contribution in [-0.4, -0.2) is 48.4 Å². The number of piperidine rings is 1. The molecule has 2 aliphatic heterocycles. The fourth-order valence-electron chi connectivity index (χ4n) is 4.12. The number of nitrogens with zero attached hydrogens (tertiary/aromatic N) is 2. The van der Waals surface area contributed by atoms with Crippen LogP contribution in [0.3, 0.4) is 0 Å². The molecule has 1 spiro atoms. The van der Waals surface area contributed by atoms with E-state index < -0.39 is 0 Å². The minimum Gasteiger partial charge on any atom is -0.382 e. The molecule has 4 heteroatoms. The van der Waals surface area contributed by atoms with Gasteiger partial charge in [0.15, 0.2) is 0 Å². The van der Waals surface area contributed by atoms with Crippen molar-refractivity contribution in [1.29, 1.82) is 0 Å². The Bertz CT molecular complexity index is 498. The number of aryl methyl sites for hydroxylation is 1. The first-order valence-corrected chi connectivity index (χ1v) is 9.08. The zero-order valence-electron chi connectivity index (χ0n) is 14.6. The third-order valence-corrected chi connectivity index (χ3v) is 5.45. The normalized spacial score (nSPS) is 24.3. The second-order valence-electron chi connectivity index (χ2n) is 6.93. The van der Waals surface area contributed by atoms with Gasteiger partial charge in [-0.2, -0.15) is 0 Å². The van der Waals surface area contributed by atoms with E-state index in [9.17, 15) is 0 Å². The van der Waals surface area contributed by atoms with Crippen LogP contribution < -0.4 is 0 Å². The Hall–Kier alpha value is -0.970. The van der Waals surface area contributed by atoms with Crippen LogP contribution in [0.4, 0.5) is 0 Å². The molecule has 4 nitrogen and oxygen atoms in total. The molecular weight excluding hydrogens is 288 g/mol. The van der Waals surface area contributed by atoms with E-state index in [0.717, 1.165) is 64.4 Å². The Morgan fingerprint density at radius 2 is 2.17 bits per heavy atom. The standard InChI is InChI=1S/C19H30N2O2/c1-3-22-13-7-17-8-14-23-19(17)9-11-21(12-10-19)15-18-6-4-5-16(2)20-18/h4-6,17H,3,7-15H2,1-2H3/t17-/m1/s1. The molecule has 0 radical (unpaired) electrons. The average Bonchev–Trinajstić information content (AvgIpc) is 2.93. The molecule has 1 aromatic rings. The first-order chi connectivity index (χ1) is 11.2. The van der Waals surface area contributed by atoms with Crippen LogP contribution in [-0.2, 0) is 16.0 Å². The lowest BCUT2D eigenvalue weighted by Crippen LogP contribution is -2.47. The molecule has 0 bridgehead atoms. The Morgan fingerprint density at radius 1 is 1.35 bits per heavy atom. The largest absolute Gasteiger partial charge is 0.382 e. The van der Waals surface area contributed by atoms with E-state index in [1.54, 1.807) is 0 Å². The maximum atomic E-state index is 6.24. The van der Waals surface area contributed by atoms with Gasteiger partial charge < -0.3 is 9.47 Å². The molecule has 128 valence electrons. The maximum absolute atomic E-state index is 6.24. The molecule has 3 rings (SSSR count). The lowest BCUT2D eigenvalue weighted by Gasteiger charge is -2.42. The molecule has 1 atom stereocenters. The van der Waals surface area contributed by atoms with Crippen LogP contribution in [0.2, 0.25) is 0 Å². The average molecular weight is 318 g/mol. The quantitative estimate of drug-likeness (QED) is 0.755. The fraction of sp³-hybridized carbons (Fsp3) is 0.737. The van der Waals surface area contributed by atoms with Crippen LogP contribution in [0.25, 0.3) is 0 Å². The zero-order valence-corrected chi connectivity index (χ0v) is 14.6. The molecule has 23 heavy (non-hydrogen) atoms. The van der Waals surface area contributed by atoms with Crippen LogP contribution >= 0.6 is 0 Å². The Labute approximate surface area is 140 Å². The lowest BCUT2D eigenvalue weighted by atomic mass is 9.78. The smallest absolute Gasteiger partial charge is 0.0736 e. The molecule has 2 fully saturated rings. The van der Waals surface area contributed by atoms with Gasteiger partial charge in [0.25, 0.3) is 0 Å². The highest BCUT2D eigenvalue weighted by Crippen LogP contribution is 2.42. The van der Waals surface area contributed by atoms with Gasteiger partial charge in [0.2, 0.25) is 0 Å². The summed E-state index contributed by atoms with van der Waals surface area (Å²) in [4.78, 5) is 7.15. The zero-order chi connectivity index (χ0) is 16.1. The van der Waals surface area contributed by atoms with Crippen molar-refractivity contribution < 1.29 is 9.47 Å². The Kier molecular flexibility index (Phi) is 5.67. The molecule has 0 amide bonds. The first kappa shape index (κ1) is 16.9. The molecule has 0 saturated carbocycles. The van der Waals surface area contributed by atoms with Gasteiger partial charge in [-0.15, -0.1) is 0 Å². The summed E-state index contributed by atoms with van der Waals surface area (Å²) in [6.07, 6.45) is 4.64. The summed E-state index contributed by atoms with van der Waals surface area (Å²) in [5, 5.41) is 0. The van der Waals surface area contributed by atoms with Gasteiger partial charge in [-0.25, -0.2) is 0 Å². The van der Waals surface area contributed by atoms with Gasteiger partial charge in [0.1, 0.15) is 0 Å². The molecule has 0 N–H and O–H groups in total. The van der Waals surface area contributed by atoms with Crippen LogP contribution in [0.5, 0.6) is 0 Å². The SMILES string of the molecule is CCOCC[C@@H]1CCOC12CCN(Cc1cccc(C)n1)CC2. The molecule has 0 unspecified atom stereocenters. The summed E-state index contributed by atoms with van der Waals surface area (Å²) in [5.41, 5.74) is 2.40. The van der Waals surface area contributed by atoms with E-state index in [0.29, 0.717) is 5.92 Å². The van der Waals surface area contributed by atoms with Gasteiger partial charge in [-0.1, -0.05) is 6.07 Å². The van der Waals surface area contributed by atoms with Gasteiger partial charge >= 0.3 is 0 Å². The van der Waals surface area contributed by atoms with Gasteiger partial charge in [0, 0.05) is 45.1 Å². The third-order valence-electron chi connectivity index (χ3n) is 5.45. The second kappa shape index (κ2) is 7.73. The van der Waals surface area contributed by atoms with E-state index in [1.807, 2.05) is 0 Å². The molecular formula is C19H30N2O2. The van der Waals surface area contributed by atoms with E-state index in [-0.39, 0.29) is 5.60 Å². The predicted octanol–water partition coefficient (Wildman–Crippen LogP) is 3.19. The van der Waals surface area contributed by atoms with Crippen LogP contribution in [0.15, 0.2) is 18.2 Å². The van der Waals surface area contributed by atoms with Crippen molar-refractivity contribution >= 4 is 0 Å². The highest BCUT2D eigenvalue weighted by Gasteiger charge is 2.45. The number of hydrogen-bond acceptors (Lipinski definition) is 4. The van der Waals surface area contributed by atoms with Gasteiger partial charge in [-0.3, -0.25) is 9.88 Å². The molecule has 2 saturated heterocycles. The summed E-state index contributed by atoms with van der Waals surface area (Å²) in [5.74, 6) is 0.674. The highest BCUT2D eigenvalue weighted by molar-refractivity contribution is 5.10. The van der Waals surface area contributed by atoms with Gasteiger partial charge in [0.05, 0.1) is 11.3 Å².